The number of rotatable bonds is 4. The number of hydrogen-bond donors (Lipinski definition) is 4. The van der Waals surface area contributed by atoms with Crippen LogP contribution < -0.4 is 21.2 Å². The quantitative estimate of drug-likeness (QED) is 0.512. The molecule has 3 heterocycles. The van der Waals surface area contributed by atoms with Crippen LogP contribution in [0.2, 0.25) is 0 Å². The lowest BCUT2D eigenvalue weighted by molar-refractivity contribution is 0.398. The van der Waals surface area contributed by atoms with E-state index in [1.165, 1.54) is 51.3 Å². The summed E-state index contributed by atoms with van der Waals surface area (Å²) in [6, 6.07) is 5.58. The van der Waals surface area contributed by atoms with Crippen LogP contribution in [-0.2, 0) is 0 Å². The van der Waals surface area contributed by atoms with Crippen LogP contribution in [0.3, 0.4) is 0 Å². The van der Waals surface area contributed by atoms with Crippen molar-refractivity contribution in [2.24, 2.45) is 5.73 Å². The van der Waals surface area contributed by atoms with Gasteiger partial charge in [0.2, 0.25) is 5.88 Å². The molecule has 1 aliphatic carbocycles. The van der Waals surface area contributed by atoms with Crippen LogP contribution in [0.25, 0.3) is 11.3 Å². The van der Waals surface area contributed by atoms with Gasteiger partial charge < -0.3 is 20.8 Å². The molecule has 0 bridgehead atoms. The molecule has 3 aromatic heterocycles. The summed E-state index contributed by atoms with van der Waals surface area (Å²) in [5.41, 5.74) is 7.13. The van der Waals surface area contributed by atoms with Gasteiger partial charge in [0.05, 0.1) is 25.2 Å². The smallest absolute Gasteiger partial charge is 0.204 e. The maximum absolute atomic E-state index is 12.2. The molecular weight excluding hydrogens is 384 g/mol. The number of ether oxygens (including phenoxy) is 1. The van der Waals surface area contributed by atoms with Crippen molar-refractivity contribution in [2.75, 3.05) is 12.4 Å². The van der Waals surface area contributed by atoms with Gasteiger partial charge in [0.25, 0.3) is 0 Å². The van der Waals surface area contributed by atoms with Crippen molar-refractivity contribution < 1.29 is 4.74 Å². The van der Waals surface area contributed by atoms with Crippen LogP contribution in [0.5, 0.6) is 5.88 Å². The molecule has 0 radical (unpaired) electrons. The van der Waals surface area contributed by atoms with Gasteiger partial charge in [-0.25, -0.2) is 9.97 Å². The highest BCUT2D eigenvalue weighted by Crippen LogP contribution is 2.25. The minimum Gasteiger partial charge on any atom is -0.482 e. The number of nitriles is 1. The monoisotopic (exact) mass is 408 g/mol. The van der Waals surface area contributed by atoms with Gasteiger partial charge in [-0.1, -0.05) is 12.8 Å². The second-order valence-corrected chi connectivity index (χ2v) is 6.96. The fraction of sp³-hybridized carbons (Fsp3) is 0.350. The van der Waals surface area contributed by atoms with E-state index in [1.807, 2.05) is 6.07 Å². The molecule has 0 amide bonds. The SMILES string of the molecule is COc1[nH]c(C)cc(=O)c1-c1cc(Nc2cnc(C#N)cn2)n[nH]1.NC1CCCC1. The van der Waals surface area contributed by atoms with E-state index in [-0.39, 0.29) is 11.1 Å². The molecule has 3 aromatic rings. The molecule has 0 saturated heterocycles. The number of nitrogens with two attached hydrogens (primary N) is 1. The fourth-order valence-corrected chi connectivity index (χ4v) is 3.12. The molecule has 0 unspecified atom stereocenters. The minimum absolute atomic E-state index is 0.184. The predicted molar refractivity (Wildman–Crippen MR) is 112 cm³/mol. The number of aromatic amines is 2. The summed E-state index contributed by atoms with van der Waals surface area (Å²) in [5.74, 6) is 1.23. The van der Waals surface area contributed by atoms with Gasteiger partial charge in [-0.05, 0) is 19.8 Å². The average Bonchev–Trinajstić information content (AvgIpc) is 3.40. The largest absolute Gasteiger partial charge is 0.482 e. The lowest BCUT2D eigenvalue weighted by atomic mass is 10.1. The second kappa shape index (κ2) is 9.67. The van der Waals surface area contributed by atoms with Crippen LogP contribution in [0, 0.1) is 18.3 Å². The first-order valence-corrected chi connectivity index (χ1v) is 9.58. The third kappa shape index (κ3) is 5.21. The van der Waals surface area contributed by atoms with Crippen molar-refractivity contribution in [2.45, 2.75) is 38.6 Å². The zero-order valence-corrected chi connectivity index (χ0v) is 16.9. The Kier molecular flexibility index (Phi) is 6.77. The topological polar surface area (TPSA) is 158 Å². The van der Waals surface area contributed by atoms with Crippen LogP contribution in [0.4, 0.5) is 11.6 Å². The Morgan fingerprint density at radius 3 is 2.57 bits per heavy atom. The third-order valence-corrected chi connectivity index (χ3v) is 4.61. The normalized spacial score (nSPS) is 13.3. The molecule has 1 saturated carbocycles. The number of anilines is 2. The first-order valence-electron chi connectivity index (χ1n) is 9.58. The highest BCUT2D eigenvalue weighted by Gasteiger charge is 2.15. The molecule has 0 spiro atoms. The van der Waals surface area contributed by atoms with Crippen LogP contribution in [-0.4, -0.2) is 38.3 Å². The number of H-pyrrole nitrogens is 2. The summed E-state index contributed by atoms with van der Waals surface area (Å²) in [4.78, 5) is 23.2. The number of nitrogens with zero attached hydrogens (tertiary/aromatic N) is 4. The van der Waals surface area contributed by atoms with Gasteiger partial charge in [-0.2, -0.15) is 10.4 Å². The van der Waals surface area contributed by atoms with E-state index in [2.05, 4.69) is 30.5 Å². The minimum atomic E-state index is -0.184. The molecule has 156 valence electrons. The van der Waals surface area contributed by atoms with E-state index >= 15 is 0 Å². The van der Waals surface area contributed by atoms with Gasteiger partial charge in [0.1, 0.15) is 17.5 Å². The molecule has 5 N–H and O–H groups in total. The number of hydrogen-bond acceptors (Lipinski definition) is 8. The van der Waals surface area contributed by atoms with Gasteiger partial charge in [-0.15, -0.1) is 0 Å². The van der Waals surface area contributed by atoms with E-state index < -0.39 is 0 Å². The lowest BCUT2D eigenvalue weighted by Crippen LogP contribution is -2.13. The second-order valence-electron chi connectivity index (χ2n) is 6.96. The van der Waals surface area contributed by atoms with Crippen molar-refractivity contribution in [3.05, 3.63) is 46.1 Å². The van der Waals surface area contributed by atoms with Crippen LogP contribution in [0.15, 0.2) is 29.3 Å². The summed E-state index contributed by atoms with van der Waals surface area (Å²) in [5, 5.41) is 18.5. The molecule has 1 aliphatic rings. The molecule has 0 atom stereocenters. The summed E-state index contributed by atoms with van der Waals surface area (Å²) < 4.78 is 5.24. The molecule has 1 fully saturated rings. The first-order chi connectivity index (χ1) is 14.5. The number of aryl methyl sites for hydroxylation is 1. The third-order valence-electron chi connectivity index (χ3n) is 4.61. The molecule has 30 heavy (non-hydrogen) atoms. The molecule has 0 aliphatic heterocycles. The van der Waals surface area contributed by atoms with Crippen molar-refractivity contribution in [1.82, 2.24) is 25.1 Å². The maximum atomic E-state index is 12.2. The van der Waals surface area contributed by atoms with Gasteiger partial charge >= 0.3 is 0 Å². The van der Waals surface area contributed by atoms with E-state index in [0.29, 0.717) is 40.5 Å². The van der Waals surface area contributed by atoms with Gasteiger partial charge in [0, 0.05) is 23.9 Å². The van der Waals surface area contributed by atoms with E-state index in [1.54, 1.807) is 13.0 Å². The predicted octanol–water partition coefficient (Wildman–Crippen LogP) is 2.38. The van der Waals surface area contributed by atoms with E-state index in [0.717, 1.165) is 0 Å². The van der Waals surface area contributed by atoms with Crippen LogP contribution in [0.1, 0.15) is 37.1 Å². The summed E-state index contributed by atoms with van der Waals surface area (Å²) >= 11 is 0. The Morgan fingerprint density at radius 1 is 1.23 bits per heavy atom. The van der Waals surface area contributed by atoms with E-state index in [4.69, 9.17) is 15.7 Å². The number of nitrogens with one attached hydrogen (secondary N) is 3. The molecule has 10 heteroatoms. The maximum Gasteiger partial charge on any atom is 0.204 e. The highest BCUT2D eigenvalue weighted by molar-refractivity contribution is 5.68. The zero-order chi connectivity index (χ0) is 21.5. The lowest BCUT2D eigenvalue weighted by Gasteiger charge is -2.06. The summed E-state index contributed by atoms with van der Waals surface area (Å²) in [6.07, 6.45) is 8.03. The number of pyridine rings is 1. The van der Waals surface area contributed by atoms with E-state index in [9.17, 15) is 4.79 Å². The number of aromatic nitrogens is 5. The van der Waals surface area contributed by atoms with Crippen molar-refractivity contribution >= 4 is 11.6 Å². The Morgan fingerprint density at radius 2 is 2.00 bits per heavy atom. The van der Waals surface area contributed by atoms with Crippen molar-refractivity contribution in [3.8, 4) is 23.2 Å². The first kappa shape index (κ1) is 21.0. The Balaban J connectivity index is 0.000000367. The van der Waals surface area contributed by atoms with Crippen LogP contribution >= 0.6 is 0 Å². The molecule has 4 rings (SSSR count). The Bertz CT molecular complexity index is 1080. The molecule has 10 nitrogen and oxygen atoms in total. The average molecular weight is 408 g/mol. The number of methoxy groups -OCH3 is 1. The summed E-state index contributed by atoms with van der Waals surface area (Å²) in [7, 11) is 1.48. The zero-order valence-electron chi connectivity index (χ0n) is 16.9. The Labute approximate surface area is 173 Å². The van der Waals surface area contributed by atoms with Gasteiger partial charge in [0.15, 0.2) is 16.9 Å². The molecular formula is C20H24N8O2. The van der Waals surface area contributed by atoms with Crippen molar-refractivity contribution in [3.63, 3.8) is 0 Å². The fourth-order valence-electron chi connectivity index (χ4n) is 3.12. The highest BCUT2D eigenvalue weighted by atomic mass is 16.5. The molecule has 0 aromatic carbocycles. The summed E-state index contributed by atoms with van der Waals surface area (Å²) in [6.45, 7) is 1.78. The Hall–Kier alpha value is -3.71. The van der Waals surface area contributed by atoms with Gasteiger partial charge in [-0.3, -0.25) is 9.89 Å². The van der Waals surface area contributed by atoms with Crippen molar-refractivity contribution in [1.29, 1.82) is 5.26 Å². The standard InChI is InChI=1S/C15H13N7O2.C5H11N/c1-8-3-11(23)14(15(19-8)24-2)10-4-12(22-21-10)20-13-7-17-9(5-16)6-18-13;6-5-3-1-2-4-5/h3-4,6-7H,1-2H3,(H,19,23)(H2,18,20,21,22);5H,1-4,6H2.